The number of Topliss-reactive ketones (excluding diaryl/α,β-unsaturated/α-hetero) is 3. The Bertz CT molecular complexity index is 687. The molecule has 0 aromatic heterocycles. The van der Waals surface area contributed by atoms with Crippen LogP contribution in [0.15, 0.2) is 34.6 Å². The van der Waals surface area contributed by atoms with E-state index in [9.17, 15) is 24.6 Å². The lowest BCUT2D eigenvalue weighted by molar-refractivity contribution is -0.144. The van der Waals surface area contributed by atoms with E-state index in [2.05, 4.69) is 0 Å². The average molecular weight is 362 g/mol. The van der Waals surface area contributed by atoms with E-state index in [-0.39, 0.29) is 12.8 Å². The first-order valence-electron chi connectivity index (χ1n) is 9.02. The Kier molecular flexibility index (Phi) is 7.27. The van der Waals surface area contributed by atoms with E-state index in [1.54, 1.807) is 26.0 Å². The van der Waals surface area contributed by atoms with Gasteiger partial charge in [0.25, 0.3) is 0 Å². The molecule has 1 aliphatic rings. The summed E-state index contributed by atoms with van der Waals surface area (Å²) in [5.41, 5.74) is -0.975. The topological polar surface area (TPSA) is 91.7 Å². The molecule has 0 heterocycles. The van der Waals surface area contributed by atoms with Crippen LogP contribution in [0.4, 0.5) is 0 Å². The molecule has 0 amide bonds. The summed E-state index contributed by atoms with van der Waals surface area (Å²) in [5, 5.41) is 21.7. The Hall–Kier alpha value is -2.01. The van der Waals surface area contributed by atoms with Gasteiger partial charge in [-0.2, -0.15) is 0 Å². The van der Waals surface area contributed by atoms with Crippen LogP contribution in [0.2, 0.25) is 0 Å². The predicted molar refractivity (Wildman–Crippen MR) is 101 cm³/mol. The number of carbonyl (C=O) groups is 3. The minimum Gasteiger partial charge on any atom is -0.508 e. The number of hydrogen-bond acceptors (Lipinski definition) is 5. The number of allylic oxidation sites excluding steroid dienone is 5. The number of aliphatic hydroxyl groups is 2. The molecule has 0 aromatic carbocycles. The molecular formula is C21H30O5. The fraction of sp³-hybridized carbons (Fsp3) is 0.571. The molecule has 0 saturated heterocycles. The second-order valence-corrected chi connectivity index (χ2v) is 7.51. The zero-order valence-electron chi connectivity index (χ0n) is 16.5. The summed E-state index contributed by atoms with van der Waals surface area (Å²) in [4.78, 5) is 38.1. The first-order valence-corrected chi connectivity index (χ1v) is 9.02. The summed E-state index contributed by atoms with van der Waals surface area (Å²) in [5.74, 6) is -4.30. The minimum atomic E-state index is -2.35. The molecule has 5 heteroatoms. The molecule has 0 aliphatic heterocycles. The second-order valence-electron chi connectivity index (χ2n) is 7.51. The molecule has 0 fully saturated rings. The summed E-state index contributed by atoms with van der Waals surface area (Å²) >= 11 is 0. The van der Waals surface area contributed by atoms with Gasteiger partial charge >= 0.3 is 0 Å². The van der Waals surface area contributed by atoms with Crippen molar-refractivity contribution in [2.24, 2.45) is 11.8 Å². The quantitative estimate of drug-likeness (QED) is 0.508. The van der Waals surface area contributed by atoms with E-state index < -0.39 is 46.1 Å². The second kappa shape index (κ2) is 8.58. The Morgan fingerprint density at radius 2 is 1.69 bits per heavy atom. The van der Waals surface area contributed by atoms with Crippen molar-refractivity contribution in [1.82, 2.24) is 0 Å². The molecule has 26 heavy (non-hydrogen) atoms. The largest absolute Gasteiger partial charge is 0.508 e. The monoisotopic (exact) mass is 362 g/mol. The highest BCUT2D eigenvalue weighted by molar-refractivity contribution is 6.26. The molecule has 2 unspecified atom stereocenters. The first kappa shape index (κ1) is 22.0. The van der Waals surface area contributed by atoms with E-state index in [0.717, 1.165) is 11.1 Å². The van der Waals surface area contributed by atoms with Crippen molar-refractivity contribution in [3.05, 3.63) is 34.6 Å². The van der Waals surface area contributed by atoms with Crippen LogP contribution in [0.25, 0.3) is 0 Å². The first-order chi connectivity index (χ1) is 12.0. The van der Waals surface area contributed by atoms with Crippen molar-refractivity contribution in [2.45, 2.75) is 66.4 Å². The van der Waals surface area contributed by atoms with Gasteiger partial charge in [-0.05, 0) is 40.5 Å². The number of carbonyl (C=O) groups excluding carboxylic acids is 3. The van der Waals surface area contributed by atoms with E-state index in [0.29, 0.717) is 6.42 Å². The molecule has 5 nitrogen and oxygen atoms in total. The molecule has 2 N–H and O–H groups in total. The summed E-state index contributed by atoms with van der Waals surface area (Å²) in [6, 6.07) is 0. The Morgan fingerprint density at radius 1 is 1.15 bits per heavy atom. The zero-order chi connectivity index (χ0) is 20.2. The van der Waals surface area contributed by atoms with E-state index in [1.165, 1.54) is 0 Å². The van der Waals surface area contributed by atoms with Gasteiger partial charge in [-0.25, -0.2) is 0 Å². The van der Waals surface area contributed by atoms with Crippen LogP contribution in [-0.4, -0.2) is 33.2 Å². The van der Waals surface area contributed by atoms with Gasteiger partial charge in [-0.15, -0.1) is 0 Å². The smallest absolute Gasteiger partial charge is 0.191 e. The molecule has 0 radical (unpaired) electrons. The number of aliphatic hydroxyl groups excluding tert-OH is 1. The van der Waals surface area contributed by atoms with E-state index in [1.807, 2.05) is 27.7 Å². The van der Waals surface area contributed by atoms with Crippen LogP contribution in [0, 0.1) is 11.8 Å². The molecule has 0 spiro atoms. The average Bonchev–Trinajstić information content (AvgIpc) is 2.76. The lowest BCUT2D eigenvalue weighted by Crippen LogP contribution is -2.46. The third kappa shape index (κ3) is 4.21. The molecule has 1 aliphatic carbocycles. The zero-order valence-corrected chi connectivity index (χ0v) is 16.5. The summed E-state index contributed by atoms with van der Waals surface area (Å²) in [7, 11) is 0. The van der Waals surface area contributed by atoms with Gasteiger partial charge in [0.2, 0.25) is 0 Å². The molecule has 0 aromatic rings. The Morgan fingerprint density at radius 3 is 2.15 bits per heavy atom. The van der Waals surface area contributed by atoms with Crippen LogP contribution in [0.3, 0.4) is 0 Å². The maximum absolute atomic E-state index is 12.9. The number of rotatable bonds is 8. The van der Waals surface area contributed by atoms with Gasteiger partial charge in [-0.1, -0.05) is 37.1 Å². The molecule has 0 saturated carbocycles. The van der Waals surface area contributed by atoms with Gasteiger partial charge in [0, 0.05) is 12.3 Å². The van der Waals surface area contributed by atoms with Crippen LogP contribution in [-0.2, 0) is 14.4 Å². The van der Waals surface area contributed by atoms with Crippen LogP contribution in [0.1, 0.15) is 60.8 Å². The lowest BCUT2D eigenvalue weighted by atomic mass is 9.81. The maximum Gasteiger partial charge on any atom is 0.191 e. The van der Waals surface area contributed by atoms with Crippen LogP contribution in [0.5, 0.6) is 0 Å². The van der Waals surface area contributed by atoms with Gasteiger partial charge < -0.3 is 10.2 Å². The highest BCUT2D eigenvalue weighted by Crippen LogP contribution is 2.42. The Labute approximate surface area is 155 Å². The van der Waals surface area contributed by atoms with Crippen molar-refractivity contribution >= 4 is 17.3 Å². The summed E-state index contributed by atoms with van der Waals surface area (Å²) in [6.45, 7) is 10.7. The summed E-state index contributed by atoms with van der Waals surface area (Å²) in [6.07, 6.45) is 3.81. The molecule has 1 rings (SSSR count). The molecule has 0 bridgehead atoms. The van der Waals surface area contributed by atoms with Gasteiger partial charge in [0.05, 0.1) is 5.92 Å². The predicted octanol–water partition coefficient (Wildman–Crippen LogP) is 3.63. The third-order valence-electron chi connectivity index (χ3n) is 4.85. The van der Waals surface area contributed by atoms with Crippen molar-refractivity contribution in [3.63, 3.8) is 0 Å². The number of hydrogen-bond donors (Lipinski definition) is 2. The van der Waals surface area contributed by atoms with Gasteiger partial charge in [0.15, 0.2) is 23.0 Å². The minimum absolute atomic E-state index is 0.0829. The Balaban J connectivity index is 3.45. The van der Waals surface area contributed by atoms with E-state index >= 15 is 0 Å². The molecule has 3 atom stereocenters. The SMILES string of the molecule is CCC(C)C(=O)C1=C(O)[C@@](O)(C(=O)CC=C(C)C)C(CC=C(C)C)C1=O. The highest BCUT2D eigenvalue weighted by atomic mass is 16.3. The van der Waals surface area contributed by atoms with Crippen molar-refractivity contribution in [1.29, 1.82) is 0 Å². The fourth-order valence-corrected chi connectivity index (χ4v) is 2.92. The van der Waals surface area contributed by atoms with Crippen LogP contribution < -0.4 is 0 Å². The third-order valence-corrected chi connectivity index (χ3v) is 4.85. The standard InChI is InChI=1S/C21H30O5/c1-7-14(6)18(23)17-19(24)15(10-8-12(2)3)21(26,20(17)25)16(22)11-9-13(4)5/h8-9,14-15,25-26H,7,10-11H2,1-6H3/t14?,15?,21-/m0/s1. The molecule has 144 valence electrons. The van der Waals surface area contributed by atoms with Gasteiger partial charge in [-0.3, -0.25) is 14.4 Å². The van der Waals surface area contributed by atoms with Gasteiger partial charge in [0.1, 0.15) is 11.3 Å². The van der Waals surface area contributed by atoms with Crippen molar-refractivity contribution in [2.75, 3.05) is 0 Å². The lowest BCUT2D eigenvalue weighted by Gasteiger charge is -2.27. The van der Waals surface area contributed by atoms with Crippen molar-refractivity contribution in [3.8, 4) is 0 Å². The fourth-order valence-electron chi connectivity index (χ4n) is 2.92. The van der Waals surface area contributed by atoms with E-state index in [4.69, 9.17) is 0 Å². The number of ketones is 3. The summed E-state index contributed by atoms with van der Waals surface area (Å²) < 4.78 is 0. The maximum atomic E-state index is 12.9. The van der Waals surface area contributed by atoms with Crippen molar-refractivity contribution < 1.29 is 24.6 Å². The highest BCUT2D eigenvalue weighted by Gasteiger charge is 2.58. The van der Waals surface area contributed by atoms with Crippen LogP contribution >= 0.6 is 0 Å². The normalized spacial score (nSPS) is 23.7. The molecular weight excluding hydrogens is 332 g/mol.